The molecule has 0 spiro atoms. The van der Waals surface area contributed by atoms with E-state index in [-0.39, 0.29) is 31.6 Å². The van der Waals surface area contributed by atoms with Crippen LogP contribution in [0.3, 0.4) is 0 Å². The van der Waals surface area contributed by atoms with E-state index >= 15 is 0 Å². The van der Waals surface area contributed by atoms with Gasteiger partial charge >= 0.3 is 18.7 Å². The quantitative estimate of drug-likeness (QED) is 0.227. The Kier molecular flexibility index (Phi) is 11.5. The summed E-state index contributed by atoms with van der Waals surface area (Å²) in [6.45, 7) is 3.48. The molecular formula is C14H26N3O6PS. The van der Waals surface area contributed by atoms with Crippen molar-refractivity contribution in [3.8, 4) is 6.19 Å². The molecule has 1 N–H and O–H groups in total. The van der Waals surface area contributed by atoms with E-state index in [0.29, 0.717) is 0 Å². The second-order valence-corrected chi connectivity index (χ2v) is 9.58. The van der Waals surface area contributed by atoms with Crippen LogP contribution in [0.15, 0.2) is 0 Å². The minimum absolute atomic E-state index is 0.180. The summed E-state index contributed by atoms with van der Waals surface area (Å²) in [6.07, 6.45) is 1.58. The molecule has 25 heavy (non-hydrogen) atoms. The van der Waals surface area contributed by atoms with Gasteiger partial charge in [0.05, 0.1) is 19.8 Å². The number of hydrogen-bond donors (Lipinski definition) is 1. The highest BCUT2D eigenvalue weighted by Crippen LogP contribution is 2.56. The number of ether oxygens (including phenoxy) is 2. The maximum atomic E-state index is 12.8. The summed E-state index contributed by atoms with van der Waals surface area (Å²) < 4.78 is 27.6. The molecule has 0 fully saturated rings. The molecule has 0 aliphatic rings. The third-order valence-electron chi connectivity index (χ3n) is 2.67. The van der Waals surface area contributed by atoms with Crippen LogP contribution >= 0.6 is 18.1 Å². The van der Waals surface area contributed by atoms with Crippen LogP contribution < -0.4 is 5.09 Å². The number of carbonyl (C=O) groups excluding carboxylic acids is 2. The predicted molar refractivity (Wildman–Crippen MR) is 94.7 cm³/mol. The number of carbonyl (C=O) groups is 2. The number of nitrogens with one attached hydrogen (secondary N) is 1. The molecule has 0 aromatic rings. The molecule has 11 heteroatoms. The molecule has 0 amide bonds. The van der Waals surface area contributed by atoms with Crippen molar-refractivity contribution < 1.29 is 28.2 Å². The Balaban J connectivity index is 4.66. The van der Waals surface area contributed by atoms with E-state index in [2.05, 4.69) is 9.82 Å². The first-order chi connectivity index (χ1) is 11.7. The molecule has 0 saturated heterocycles. The Morgan fingerprint density at radius 1 is 1.36 bits per heavy atom. The number of esters is 2. The van der Waals surface area contributed by atoms with Gasteiger partial charge in [-0.1, -0.05) is 11.4 Å². The van der Waals surface area contributed by atoms with Crippen LogP contribution in [0.4, 0.5) is 0 Å². The lowest BCUT2D eigenvalue weighted by atomic mass is 10.4. The van der Waals surface area contributed by atoms with E-state index < -0.39 is 24.7 Å². The third-order valence-corrected chi connectivity index (χ3v) is 6.87. The van der Waals surface area contributed by atoms with Gasteiger partial charge in [-0.3, -0.25) is 19.1 Å². The lowest BCUT2D eigenvalue weighted by Crippen LogP contribution is -2.35. The molecule has 1 unspecified atom stereocenters. The molecule has 144 valence electrons. The zero-order valence-corrected chi connectivity index (χ0v) is 16.9. The second-order valence-electron chi connectivity index (χ2n) is 5.18. The fraction of sp³-hybridized carbons (Fsp3) is 0.786. The van der Waals surface area contributed by atoms with E-state index in [1.54, 1.807) is 20.8 Å². The van der Waals surface area contributed by atoms with Crippen LogP contribution in [0, 0.1) is 11.5 Å². The number of hydrogen-bond acceptors (Lipinski definition) is 9. The Labute approximate surface area is 152 Å². The van der Waals surface area contributed by atoms with Crippen LogP contribution in [-0.4, -0.2) is 61.5 Å². The van der Waals surface area contributed by atoms with E-state index in [9.17, 15) is 14.2 Å². The molecule has 0 aromatic heterocycles. The fourth-order valence-corrected chi connectivity index (χ4v) is 5.45. The smallest absolute Gasteiger partial charge is 0.327 e. The van der Waals surface area contributed by atoms with Crippen LogP contribution in [-0.2, 0) is 28.2 Å². The number of rotatable bonds is 12. The maximum absolute atomic E-state index is 12.8. The standard InChI is InChI=1S/C14H26N3O6PS/c1-6-22-24(20,16-12(4)14(19)23-11(2)3)25-8-7-17(10-15)9-13(18)21-5/h11-12H,6-9H2,1-5H3,(H,16,20)/t12-,24?/m0/s1. The lowest BCUT2D eigenvalue weighted by molar-refractivity contribution is -0.149. The van der Waals surface area contributed by atoms with Gasteiger partial charge in [0.2, 0.25) is 0 Å². The molecule has 0 aromatic carbocycles. The summed E-state index contributed by atoms with van der Waals surface area (Å²) in [5, 5.41) is 11.7. The Morgan fingerprint density at radius 2 is 2.00 bits per heavy atom. The molecule has 0 rings (SSSR count). The monoisotopic (exact) mass is 395 g/mol. The van der Waals surface area contributed by atoms with Crippen LogP contribution in [0.5, 0.6) is 0 Å². The van der Waals surface area contributed by atoms with E-state index in [0.717, 1.165) is 11.4 Å². The Hall–Kier alpha value is -1.27. The molecule has 0 aliphatic carbocycles. The normalized spacial score (nSPS) is 14.3. The average molecular weight is 395 g/mol. The highest BCUT2D eigenvalue weighted by Gasteiger charge is 2.30. The summed E-state index contributed by atoms with van der Waals surface area (Å²) >= 11 is 0.961. The van der Waals surface area contributed by atoms with E-state index in [1.165, 1.54) is 18.9 Å². The van der Waals surface area contributed by atoms with Crippen molar-refractivity contribution in [3.05, 3.63) is 0 Å². The largest absolute Gasteiger partial charge is 0.468 e. The van der Waals surface area contributed by atoms with Crippen molar-refractivity contribution in [3.63, 3.8) is 0 Å². The van der Waals surface area contributed by atoms with Crippen LogP contribution in [0.1, 0.15) is 27.7 Å². The zero-order chi connectivity index (χ0) is 19.5. The lowest BCUT2D eigenvalue weighted by Gasteiger charge is -2.23. The van der Waals surface area contributed by atoms with E-state index in [4.69, 9.17) is 14.5 Å². The van der Waals surface area contributed by atoms with Crippen molar-refractivity contribution in [2.24, 2.45) is 0 Å². The highest BCUT2D eigenvalue weighted by molar-refractivity contribution is 8.56. The van der Waals surface area contributed by atoms with Gasteiger partial charge in [-0.05, 0) is 27.7 Å². The molecular weight excluding hydrogens is 369 g/mol. The molecule has 0 heterocycles. The van der Waals surface area contributed by atoms with Gasteiger partial charge in [0.1, 0.15) is 12.6 Å². The van der Waals surface area contributed by atoms with Crippen molar-refractivity contribution in [2.75, 3.05) is 32.6 Å². The molecule has 0 radical (unpaired) electrons. The predicted octanol–water partition coefficient (Wildman–Crippen LogP) is 1.75. The summed E-state index contributed by atoms with van der Waals surface area (Å²) in [5.74, 6) is -0.816. The van der Waals surface area contributed by atoms with Gasteiger partial charge in [0.25, 0.3) is 0 Å². The Morgan fingerprint density at radius 3 is 2.48 bits per heavy atom. The van der Waals surface area contributed by atoms with Gasteiger partial charge in [0.15, 0.2) is 6.19 Å². The first-order valence-electron chi connectivity index (χ1n) is 7.76. The van der Waals surface area contributed by atoms with Gasteiger partial charge in [0, 0.05) is 12.3 Å². The van der Waals surface area contributed by atoms with Gasteiger partial charge in [-0.15, -0.1) is 0 Å². The van der Waals surface area contributed by atoms with Crippen LogP contribution in [0.25, 0.3) is 0 Å². The fourth-order valence-electron chi connectivity index (χ4n) is 1.56. The first kappa shape index (κ1) is 23.7. The zero-order valence-electron chi connectivity index (χ0n) is 15.2. The molecule has 2 atom stereocenters. The summed E-state index contributed by atoms with van der Waals surface area (Å²) in [6, 6.07) is -0.811. The SMILES string of the molecule is CCOP(=O)(N[C@@H](C)C(=O)OC(C)C)SCCN(C#N)CC(=O)OC. The summed E-state index contributed by atoms with van der Waals surface area (Å²) in [4.78, 5) is 24.2. The van der Waals surface area contributed by atoms with E-state index in [1.807, 2.05) is 6.19 Å². The van der Waals surface area contributed by atoms with Crippen molar-refractivity contribution in [1.29, 1.82) is 5.26 Å². The highest BCUT2D eigenvalue weighted by atomic mass is 32.7. The number of methoxy groups -OCH3 is 1. The summed E-state index contributed by atoms with van der Waals surface area (Å²) in [7, 11) is 1.23. The Bertz CT molecular complexity index is 525. The first-order valence-corrected chi connectivity index (χ1v) is 11.0. The topological polar surface area (TPSA) is 118 Å². The minimum atomic E-state index is -3.37. The molecule has 0 bridgehead atoms. The van der Waals surface area contributed by atoms with Gasteiger partial charge in [-0.25, -0.2) is 5.09 Å². The van der Waals surface area contributed by atoms with Gasteiger partial charge in [-0.2, -0.15) is 5.26 Å². The van der Waals surface area contributed by atoms with Crippen molar-refractivity contribution in [2.45, 2.75) is 39.8 Å². The second kappa shape index (κ2) is 12.1. The number of nitrogens with zero attached hydrogens (tertiary/aromatic N) is 2. The minimum Gasteiger partial charge on any atom is -0.468 e. The van der Waals surface area contributed by atoms with Gasteiger partial charge < -0.3 is 14.0 Å². The molecule has 0 saturated carbocycles. The third kappa shape index (κ3) is 10.3. The van der Waals surface area contributed by atoms with Crippen molar-refractivity contribution in [1.82, 2.24) is 9.99 Å². The van der Waals surface area contributed by atoms with Crippen molar-refractivity contribution >= 4 is 30.0 Å². The molecule has 0 aliphatic heterocycles. The maximum Gasteiger partial charge on any atom is 0.327 e. The molecule has 9 nitrogen and oxygen atoms in total. The van der Waals surface area contributed by atoms with Crippen LogP contribution in [0.2, 0.25) is 0 Å². The average Bonchev–Trinajstić information content (AvgIpc) is 2.52. The summed E-state index contributed by atoms with van der Waals surface area (Å²) in [5.41, 5.74) is 0. The number of nitriles is 1.